The molecule has 1 aromatic carbocycles. The number of fused-ring (bicyclic) bond motifs is 1. The number of halogens is 1. The highest BCUT2D eigenvalue weighted by Gasteiger charge is 2.37. The van der Waals surface area contributed by atoms with E-state index < -0.39 is 5.60 Å². The van der Waals surface area contributed by atoms with Crippen LogP contribution in [0.5, 0.6) is 0 Å². The lowest BCUT2D eigenvalue weighted by Crippen LogP contribution is -2.32. The van der Waals surface area contributed by atoms with Crippen LogP contribution in [0.2, 0.25) is 5.02 Å². The van der Waals surface area contributed by atoms with Gasteiger partial charge in [0.25, 0.3) is 0 Å². The van der Waals surface area contributed by atoms with Crippen molar-refractivity contribution in [1.29, 1.82) is 0 Å². The molecule has 15 heavy (non-hydrogen) atoms. The Morgan fingerprint density at radius 1 is 1.27 bits per heavy atom. The minimum atomic E-state index is -0.545. The molecule has 1 heterocycles. The molecular weight excluding hydrogens is 228 g/mol. The normalized spacial score (nSPS) is 19.1. The summed E-state index contributed by atoms with van der Waals surface area (Å²) in [5.74, 6) is 0. The highest BCUT2D eigenvalue weighted by Crippen LogP contribution is 2.45. The van der Waals surface area contributed by atoms with Crippen molar-refractivity contribution < 1.29 is 5.11 Å². The zero-order valence-electron chi connectivity index (χ0n) is 8.16. The van der Waals surface area contributed by atoms with Crippen molar-refractivity contribution in [3.63, 3.8) is 0 Å². The third kappa shape index (κ3) is 1.48. The maximum atomic E-state index is 10.2. The van der Waals surface area contributed by atoms with Gasteiger partial charge in [-0.1, -0.05) is 11.6 Å². The first-order chi connectivity index (χ1) is 7.17. The van der Waals surface area contributed by atoms with Crippen molar-refractivity contribution >= 4 is 33.0 Å². The Morgan fingerprint density at radius 2 is 2.07 bits per heavy atom. The molecule has 0 aliphatic heterocycles. The van der Waals surface area contributed by atoms with E-state index in [1.165, 1.54) is 4.70 Å². The molecule has 78 valence electrons. The summed E-state index contributed by atoms with van der Waals surface area (Å²) in [6, 6.07) is 7.95. The molecule has 1 saturated carbocycles. The number of hydrogen-bond donors (Lipinski definition) is 1. The first-order valence-electron chi connectivity index (χ1n) is 5.09. The Morgan fingerprint density at radius 3 is 2.73 bits per heavy atom. The molecule has 1 aromatic heterocycles. The van der Waals surface area contributed by atoms with Gasteiger partial charge in [-0.15, -0.1) is 11.3 Å². The maximum absolute atomic E-state index is 10.2. The first-order valence-corrected chi connectivity index (χ1v) is 6.29. The van der Waals surface area contributed by atoms with Gasteiger partial charge < -0.3 is 5.11 Å². The second-order valence-electron chi connectivity index (χ2n) is 4.18. The van der Waals surface area contributed by atoms with E-state index in [0.29, 0.717) is 0 Å². The van der Waals surface area contributed by atoms with Crippen LogP contribution in [0.1, 0.15) is 24.1 Å². The molecule has 2 aromatic rings. The van der Waals surface area contributed by atoms with Gasteiger partial charge in [0.1, 0.15) is 0 Å². The van der Waals surface area contributed by atoms with Crippen LogP contribution in [0.3, 0.4) is 0 Å². The molecule has 0 radical (unpaired) electrons. The van der Waals surface area contributed by atoms with E-state index >= 15 is 0 Å². The predicted molar refractivity (Wildman–Crippen MR) is 64.6 cm³/mol. The van der Waals surface area contributed by atoms with Crippen molar-refractivity contribution in [3.05, 3.63) is 34.2 Å². The van der Waals surface area contributed by atoms with Crippen molar-refractivity contribution in [2.24, 2.45) is 0 Å². The topological polar surface area (TPSA) is 20.2 Å². The van der Waals surface area contributed by atoms with Crippen LogP contribution in [-0.4, -0.2) is 5.11 Å². The Hall–Kier alpha value is -0.570. The monoisotopic (exact) mass is 238 g/mol. The fourth-order valence-corrected chi connectivity index (χ4v) is 3.37. The summed E-state index contributed by atoms with van der Waals surface area (Å²) in [6.45, 7) is 0. The van der Waals surface area contributed by atoms with Gasteiger partial charge in [-0.05, 0) is 48.9 Å². The second-order valence-corrected chi connectivity index (χ2v) is 5.70. The summed E-state index contributed by atoms with van der Waals surface area (Å²) in [5.41, 5.74) is -0.545. The zero-order valence-corrected chi connectivity index (χ0v) is 9.74. The van der Waals surface area contributed by atoms with E-state index in [2.05, 4.69) is 6.07 Å². The highest BCUT2D eigenvalue weighted by atomic mass is 35.5. The van der Waals surface area contributed by atoms with E-state index in [4.69, 9.17) is 11.6 Å². The Labute approximate surface area is 97.3 Å². The smallest absolute Gasteiger partial charge is 0.0988 e. The molecule has 1 fully saturated rings. The van der Waals surface area contributed by atoms with E-state index in [9.17, 15) is 5.11 Å². The molecular formula is C12H11ClOS. The standard InChI is InChI=1S/C12H11ClOS/c13-9-2-3-10-8(6-9)7-11(15-10)12(14)4-1-5-12/h2-3,6-7,14H,1,4-5H2. The molecule has 0 bridgehead atoms. The van der Waals surface area contributed by atoms with E-state index in [-0.39, 0.29) is 0 Å². The maximum Gasteiger partial charge on any atom is 0.0988 e. The van der Waals surface area contributed by atoms with Crippen molar-refractivity contribution in [1.82, 2.24) is 0 Å². The van der Waals surface area contributed by atoms with Gasteiger partial charge in [-0.25, -0.2) is 0 Å². The third-order valence-corrected chi connectivity index (χ3v) is 4.66. The van der Waals surface area contributed by atoms with Crippen LogP contribution < -0.4 is 0 Å². The van der Waals surface area contributed by atoms with Gasteiger partial charge in [-0.2, -0.15) is 0 Å². The van der Waals surface area contributed by atoms with Crippen molar-refractivity contribution in [3.8, 4) is 0 Å². The van der Waals surface area contributed by atoms with Gasteiger partial charge in [-0.3, -0.25) is 0 Å². The Bertz CT molecular complexity index is 513. The van der Waals surface area contributed by atoms with Gasteiger partial charge >= 0.3 is 0 Å². The number of hydrogen-bond acceptors (Lipinski definition) is 2. The van der Waals surface area contributed by atoms with Crippen molar-refractivity contribution in [2.75, 3.05) is 0 Å². The summed E-state index contributed by atoms with van der Waals surface area (Å²) in [7, 11) is 0. The Kier molecular flexibility index (Phi) is 2.06. The molecule has 0 spiro atoms. The molecule has 3 heteroatoms. The highest BCUT2D eigenvalue weighted by molar-refractivity contribution is 7.19. The first kappa shape index (κ1) is 9.64. The Balaban J connectivity index is 2.14. The SMILES string of the molecule is OC1(c2cc3cc(Cl)ccc3s2)CCC1. The third-order valence-electron chi connectivity index (χ3n) is 3.12. The fourth-order valence-electron chi connectivity index (χ4n) is 2.00. The average Bonchev–Trinajstić information content (AvgIpc) is 2.57. The molecule has 1 aliphatic rings. The van der Waals surface area contributed by atoms with Gasteiger partial charge in [0.15, 0.2) is 0 Å². The zero-order chi connectivity index (χ0) is 10.5. The van der Waals surface area contributed by atoms with Crippen LogP contribution in [0, 0.1) is 0 Å². The molecule has 1 N–H and O–H groups in total. The summed E-state index contributed by atoms with van der Waals surface area (Å²) in [4.78, 5) is 1.09. The second kappa shape index (κ2) is 3.21. The summed E-state index contributed by atoms with van der Waals surface area (Å²) in [5, 5.41) is 12.1. The summed E-state index contributed by atoms with van der Waals surface area (Å²) >= 11 is 7.61. The molecule has 0 atom stereocenters. The number of aliphatic hydroxyl groups is 1. The van der Waals surface area contributed by atoms with Crippen molar-refractivity contribution in [2.45, 2.75) is 24.9 Å². The van der Waals surface area contributed by atoms with Gasteiger partial charge in [0, 0.05) is 14.6 Å². The van der Waals surface area contributed by atoms with Gasteiger partial charge in [0.2, 0.25) is 0 Å². The lowest BCUT2D eigenvalue weighted by molar-refractivity contribution is -0.0353. The molecule has 3 rings (SSSR count). The number of thiophene rings is 1. The van der Waals surface area contributed by atoms with E-state index in [1.54, 1.807) is 11.3 Å². The summed E-state index contributed by atoms with van der Waals surface area (Å²) in [6.07, 6.45) is 2.92. The molecule has 0 amide bonds. The number of rotatable bonds is 1. The predicted octanol–water partition coefficient (Wildman–Crippen LogP) is 3.93. The van der Waals surface area contributed by atoms with Crippen LogP contribution >= 0.6 is 22.9 Å². The minimum absolute atomic E-state index is 0.545. The van der Waals surface area contributed by atoms with E-state index in [1.807, 2.05) is 18.2 Å². The molecule has 0 saturated heterocycles. The van der Waals surface area contributed by atoms with Crippen LogP contribution in [0.15, 0.2) is 24.3 Å². The number of benzene rings is 1. The van der Waals surface area contributed by atoms with Crippen LogP contribution in [0.25, 0.3) is 10.1 Å². The molecule has 1 nitrogen and oxygen atoms in total. The lowest BCUT2D eigenvalue weighted by atomic mass is 9.79. The molecule has 1 aliphatic carbocycles. The quantitative estimate of drug-likeness (QED) is 0.798. The van der Waals surface area contributed by atoms with Crippen LogP contribution in [-0.2, 0) is 5.60 Å². The fraction of sp³-hybridized carbons (Fsp3) is 0.333. The lowest BCUT2D eigenvalue weighted by Gasteiger charge is -2.35. The van der Waals surface area contributed by atoms with Gasteiger partial charge in [0.05, 0.1) is 5.60 Å². The van der Waals surface area contributed by atoms with Crippen LogP contribution in [0.4, 0.5) is 0 Å². The van der Waals surface area contributed by atoms with E-state index in [0.717, 1.165) is 34.5 Å². The largest absolute Gasteiger partial charge is 0.384 e. The summed E-state index contributed by atoms with van der Waals surface area (Å²) < 4.78 is 1.20. The minimum Gasteiger partial charge on any atom is -0.384 e. The average molecular weight is 239 g/mol. The molecule has 0 unspecified atom stereocenters.